The highest BCUT2D eigenvalue weighted by Crippen LogP contribution is 2.35. The minimum atomic E-state index is 1.13. The maximum atomic E-state index is 2.29. The van der Waals surface area contributed by atoms with Crippen molar-refractivity contribution in [2.45, 2.75) is 0 Å². The van der Waals surface area contributed by atoms with E-state index in [2.05, 4.69) is 144 Å². The minimum Gasteiger partial charge on any atom is -0.311 e. The molecular formula is C32H25N. The number of para-hydroxylation sites is 1. The fraction of sp³-hybridized carbons (Fsp3) is 0. The van der Waals surface area contributed by atoms with Gasteiger partial charge in [0.25, 0.3) is 0 Å². The van der Waals surface area contributed by atoms with E-state index in [1.54, 1.807) is 0 Å². The van der Waals surface area contributed by atoms with Crippen molar-refractivity contribution >= 4 is 29.2 Å². The highest BCUT2D eigenvalue weighted by atomic mass is 15.1. The van der Waals surface area contributed by atoms with E-state index in [-0.39, 0.29) is 0 Å². The summed E-state index contributed by atoms with van der Waals surface area (Å²) in [4.78, 5) is 2.29. The highest BCUT2D eigenvalue weighted by Gasteiger charge is 2.12. The smallest absolute Gasteiger partial charge is 0.0462 e. The third kappa shape index (κ3) is 4.94. The third-order valence-electron chi connectivity index (χ3n) is 5.67. The molecule has 0 aliphatic rings. The second-order valence-electron chi connectivity index (χ2n) is 7.92. The average molecular weight is 424 g/mol. The number of hydrogen-bond donors (Lipinski definition) is 0. The van der Waals surface area contributed by atoms with Gasteiger partial charge in [-0.3, -0.25) is 0 Å². The van der Waals surface area contributed by atoms with Crippen LogP contribution in [0.5, 0.6) is 0 Å². The number of benzene rings is 5. The van der Waals surface area contributed by atoms with Gasteiger partial charge in [0.1, 0.15) is 0 Å². The van der Waals surface area contributed by atoms with E-state index in [9.17, 15) is 0 Å². The van der Waals surface area contributed by atoms with Gasteiger partial charge in [-0.15, -0.1) is 0 Å². The largest absolute Gasteiger partial charge is 0.311 e. The summed E-state index contributed by atoms with van der Waals surface area (Å²) in [5.74, 6) is 0. The van der Waals surface area contributed by atoms with Gasteiger partial charge in [-0.1, -0.05) is 115 Å². The summed E-state index contributed by atoms with van der Waals surface area (Å²) in [5, 5.41) is 0. The first-order chi connectivity index (χ1) is 16.4. The molecule has 5 rings (SSSR count). The Morgan fingerprint density at radius 2 is 0.727 bits per heavy atom. The monoisotopic (exact) mass is 423 g/mol. The maximum Gasteiger partial charge on any atom is 0.0462 e. The summed E-state index contributed by atoms with van der Waals surface area (Å²) >= 11 is 0. The number of anilines is 3. The Bertz CT molecular complexity index is 1300. The van der Waals surface area contributed by atoms with Crippen LogP contribution in [-0.4, -0.2) is 0 Å². The Morgan fingerprint density at radius 1 is 0.333 bits per heavy atom. The fourth-order valence-electron chi connectivity index (χ4n) is 3.95. The molecule has 0 spiro atoms. The zero-order valence-electron chi connectivity index (χ0n) is 18.4. The van der Waals surface area contributed by atoms with Crippen LogP contribution < -0.4 is 4.90 Å². The summed E-state index contributed by atoms with van der Waals surface area (Å²) < 4.78 is 0. The van der Waals surface area contributed by atoms with Gasteiger partial charge in [-0.2, -0.15) is 0 Å². The van der Waals surface area contributed by atoms with Gasteiger partial charge in [0.2, 0.25) is 0 Å². The first kappa shape index (κ1) is 20.5. The van der Waals surface area contributed by atoms with Crippen LogP contribution in [-0.2, 0) is 0 Å². The van der Waals surface area contributed by atoms with Gasteiger partial charge >= 0.3 is 0 Å². The van der Waals surface area contributed by atoms with Crippen LogP contribution in [0.2, 0.25) is 0 Å². The molecule has 0 unspecified atom stereocenters. The molecule has 0 saturated carbocycles. The van der Waals surface area contributed by atoms with E-state index < -0.39 is 0 Å². The average Bonchev–Trinajstić information content (AvgIpc) is 2.91. The van der Waals surface area contributed by atoms with Crippen molar-refractivity contribution in [2.75, 3.05) is 4.90 Å². The molecule has 0 heterocycles. The Kier molecular flexibility index (Phi) is 6.13. The molecule has 0 aliphatic heterocycles. The SMILES string of the molecule is C(=Cc1ccc(N(c2ccccc2)c2ccc(-c3ccccc3)cc2)cc1)c1ccccc1. The highest BCUT2D eigenvalue weighted by molar-refractivity contribution is 5.79. The lowest BCUT2D eigenvalue weighted by Crippen LogP contribution is -2.09. The van der Waals surface area contributed by atoms with Gasteiger partial charge in [0, 0.05) is 17.1 Å². The van der Waals surface area contributed by atoms with E-state index in [0.717, 1.165) is 17.1 Å². The van der Waals surface area contributed by atoms with Crippen molar-refractivity contribution in [1.82, 2.24) is 0 Å². The minimum absolute atomic E-state index is 1.13. The molecule has 0 amide bonds. The molecule has 0 aromatic heterocycles. The molecule has 1 nitrogen and oxygen atoms in total. The lowest BCUT2D eigenvalue weighted by Gasteiger charge is -2.25. The zero-order valence-corrected chi connectivity index (χ0v) is 18.4. The molecule has 0 aliphatic carbocycles. The van der Waals surface area contributed by atoms with E-state index in [0.29, 0.717) is 0 Å². The summed E-state index contributed by atoms with van der Waals surface area (Å²) in [6, 6.07) is 48.9. The second-order valence-corrected chi connectivity index (χ2v) is 7.92. The van der Waals surface area contributed by atoms with Crippen LogP contribution in [0.25, 0.3) is 23.3 Å². The molecule has 5 aromatic carbocycles. The molecule has 0 radical (unpaired) electrons. The van der Waals surface area contributed by atoms with Crippen molar-refractivity contribution in [1.29, 1.82) is 0 Å². The second kappa shape index (κ2) is 9.84. The Hall–Kier alpha value is -4.36. The fourth-order valence-corrected chi connectivity index (χ4v) is 3.95. The molecular weight excluding hydrogens is 398 g/mol. The van der Waals surface area contributed by atoms with Gasteiger partial charge < -0.3 is 4.90 Å². The molecule has 1 heteroatoms. The van der Waals surface area contributed by atoms with Crippen LogP contribution >= 0.6 is 0 Å². The van der Waals surface area contributed by atoms with Gasteiger partial charge in [0.15, 0.2) is 0 Å². The molecule has 33 heavy (non-hydrogen) atoms. The number of hydrogen-bond acceptors (Lipinski definition) is 1. The van der Waals surface area contributed by atoms with Crippen molar-refractivity contribution in [3.63, 3.8) is 0 Å². The Labute approximate surface area is 195 Å². The Morgan fingerprint density at radius 3 is 1.30 bits per heavy atom. The molecule has 0 saturated heterocycles. The summed E-state index contributed by atoms with van der Waals surface area (Å²) in [6.07, 6.45) is 4.30. The van der Waals surface area contributed by atoms with Crippen molar-refractivity contribution in [3.05, 3.63) is 151 Å². The summed E-state index contributed by atoms with van der Waals surface area (Å²) in [7, 11) is 0. The third-order valence-corrected chi connectivity index (χ3v) is 5.67. The standard InChI is InChI=1S/C32H25N/c1-4-10-26(11-5-1)16-17-27-18-22-31(23-19-27)33(30-14-8-3-9-15-30)32-24-20-29(21-25-32)28-12-6-2-7-13-28/h1-25H. The van der Waals surface area contributed by atoms with E-state index in [1.807, 2.05) is 12.1 Å². The quantitative estimate of drug-likeness (QED) is 0.246. The van der Waals surface area contributed by atoms with Crippen LogP contribution in [0.1, 0.15) is 11.1 Å². The van der Waals surface area contributed by atoms with Gasteiger partial charge in [-0.25, -0.2) is 0 Å². The Balaban J connectivity index is 1.45. The normalized spacial score (nSPS) is 10.9. The van der Waals surface area contributed by atoms with Crippen LogP contribution in [0.15, 0.2) is 140 Å². The van der Waals surface area contributed by atoms with E-state index >= 15 is 0 Å². The summed E-state index contributed by atoms with van der Waals surface area (Å²) in [6.45, 7) is 0. The van der Waals surface area contributed by atoms with Gasteiger partial charge in [-0.05, 0) is 58.7 Å². The van der Waals surface area contributed by atoms with E-state index in [4.69, 9.17) is 0 Å². The molecule has 0 bridgehead atoms. The van der Waals surface area contributed by atoms with Crippen molar-refractivity contribution < 1.29 is 0 Å². The lowest BCUT2D eigenvalue weighted by molar-refractivity contribution is 1.28. The molecule has 0 N–H and O–H groups in total. The molecule has 158 valence electrons. The first-order valence-electron chi connectivity index (χ1n) is 11.2. The topological polar surface area (TPSA) is 3.24 Å². The number of nitrogens with zero attached hydrogens (tertiary/aromatic N) is 1. The predicted octanol–water partition coefficient (Wildman–Crippen LogP) is 8.99. The molecule has 5 aromatic rings. The first-order valence-corrected chi connectivity index (χ1v) is 11.2. The van der Waals surface area contributed by atoms with Crippen molar-refractivity contribution in [2.24, 2.45) is 0 Å². The molecule has 0 atom stereocenters. The van der Waals surface area contributed by atoms with Gasteiger partial charge in [0.05, 0.1) is 0 Å². The summed E-state index contributed by atoms with van der Waals surface area (Å²) in [5.41, 5.74) is 8.22. The lowest BCUT2D eigenvalue weighted by atomic mass is 10.0. The maximum absolute atomic E-state index is 2.29. The van der Waals surface area contributed by atoms with Crippen LogP contribution in [0.3, 0.4) is 0 Å². The molecule has 0 fully saturated rings. The van der Waals surface area contributed by atoms with Crippen LogP contribution in [0.4, 0.5) is 17.1 Å². The predicted molar refractivity (Wildman–Crippen MR) is 142 cm³/mol. The van der Waals surface area contributed by atoms with Crippen molar-refractivity contribution in [3.8, 4) is 11.1 Å². The number of rotatable bonds is 6. The van der Waals surface area contributed by atoms with Crippen LogP contribution in [0, 0.1) is 0 Å². The van der Waals surface area contributed by atoms with E-state index in [1.165, 1.54) is 22.3 Å². The zero-order chi connectivity index (χ0) is 22.3.